The van der Waals surface area contributed by atoms with Crippen LogP contribution in [0, 0.1) is 13.8 Å². The van der Waals surface area contributed by atoms with Crippen LogP contribution in [0.2, 0.25) is 0 Å². The number of nitrogens with two attached hydrogens (primary N) is 1. The largest absolute Gasteiger partial charge is 0.464 e. The molecule has 0 bridgehead atoms. The summed E-state index contributed by atoms with van der Waals surface area (Å²) in [5, 5.41) is 0. The molecule has 2 rings (SSSR count). The van der Waals surface area contributed by atoms with Crippen molar-refractivity contribution in [2.45, 2.75) is 26.8 Å². The van der Waals surface area contributed by atoms with Crippen molar-refractivity contribution >= 4 is 23.1 Å². The molecule has 0 saturated heterocycles. The number of carbonyl (C=O) groups excluding carboxylic acids is 1. The third-order valence-electron chi connectivity index (χ3n) is 3.06. The summed E-state index contributed by atoms with van der Waals surface area (Å²) in [7, 11) is 1.32. The molecule has 0 spiro atoms. The average Bonchev–Trinajstić information content (AvgIpc) is 2.92. The van der Waals surface area contributed by atoms with Crippen LogP contribution < -0.4 is 5.73 Å². The molecule has 1 unspecified atom stereocenters. The highest BCUT2D eigenvalue weighted by Crippen LogP contribution is 2.30. The van der Waals surface area contributed by atoms with Crippen LogP contribution in [-0.4, -0.2) is 22.6 Å². The maximum Gasteiger partial charge on any atom is 0.360 e. The Kier molecular flexibility index (Phi) is 3.61. The fourth-order valence-electron chi connectivity index (χ4n) is 2.10. The van der Waals surface area contributed by atoms with Gasteiger partial charge in [-0.15, -0.1) is 11.3 Å². The molecule has 102 valence electrons. The van der Waals surface area contributed by atoms with E-state index >= 15 is 0 Å². The predicted octanol–water partition coefficient (Wildman–Crippen LogP) is 2.54. The number of aryl methyl sites for hydroxylation is 2. The van der Waals surface area contributed by atoms with E-state index in [4.69, 9.17) is 5.73 Å². The number of imidazole rings is 1. The molecule has 0 aliphatic carbocycles. The van der Waals surface area contributed by atoms with Crippen molar-refractivity contribution in [1.82, 2.24) is 9.55 Å². The van der Waals surface area contributed by atoms with Gasteiger partial charge in [-0.3, -0.25) is 0 Å². The number of anilines is 1. The van der Waals surface area contributed by atoms with Crippen molar-refractivity contribution in [2.75, 3.05) is 12.8 Å². The molecule has 2 aromatic heterocycles. The first kappa shape index (κ1) is 13.6. The Hall–Kier alpha value is -1.82. The van der Waals surface area contributed by atoms with E-state index in [9.17, 15) is 4.79 Å². The van der Waals surface area contributed by atoms with Gasteiger partial charge in [0.05, 0.1) is 13.2 Å². The average molecular weight is 279 g/mol. The quantitative estimate of drug-likeness (QED) is 0.876. The molecule has 1 atom stereocenters. The van der Waals surface area contributed by atoms with Crippen molar-refractivity contribution in [3.8, 4) is 0 Å². The van der Waals surface area contributed by atoms with Crippen molar-refractivity contribution < 1.29 is 9.53 Å². The Morgan fingerprint density at radius 2 is 2.16 bits per heavy atom. The van der Waals surface area contributed by atoms with Crippen LogP contribution in [0.5, 0.6) is 0 Å². The number of thiophene rings is 1. The molecule has 0 aliphatic rings. The number of hydrogen-bond acceptors (Lipinski definition) is 5. The molecule has 2 heterocycles. The van der Waals surface area contributed by atoms with Gasteiger partial charge in [0.25, 0.3) is 0 Å². The molecule has 2 N–H and O–H groups in total. The lowest BCUT2D eigenvalue weighted by Crippen LogP contribution is -2.12. The second-order valence-electron chi connectivity index (χ2n) is 4.38. The van der Waals surface area contributed by atoms with E-state index < -0.39 is 5.97 Å². The zero-order chi connectivity index (χ0) is 14.2. The van der Waals surface area contributed by atoms with Gasteiger partial charge >= 0.3 is 5.97 Å². The van der Waals surface area contributed by atoms with Crippen LogP contribution in [0.15, 0.2) is 12.1 Å². The summed E-state index contributed by atoms with van der Waals surface area (Å²) < 4.78 is 6.54. The maximum atomic E-state index is 11.6. The SMILES string of the molecule is COC(=O)c1nc(C)n(C(C)c2ccc(C)s2)c1N. The van der Waals surface area contributed by atoms with Gasteiger partial charge in [0.15, 0.2) is 5.69 Å². The topological polar surface area (TPSA) is 70.1 Å². The predicted molar refractivity (Wildman–Crippen MR) is 75.6 cm³/mol. The second-order valence-corrected chi connectivity index (χ2v) is 5.70. The highest BCUT2D eigenvalue weighted by atomic mass is 32.1. The first-order valence-electron chi connectivity index (χ1n) is 5.94. The van der Waals surface area contributed by atoms with Crippen LogP contribution in [0.25, 0.3) is 0 Å². The first-order chi connectivity index (χ1) is 8.95. The lowest BCUT2D eigenvalue weighted by Gasteiger charge is -2.15. The van der Waals surface area contributed by atoms with Gasteiger partial charge in [0, 0.05) is 9.75 Å². The summed E-state index contributed by atoms with van der Waals surface area (Å²) in [5.41, 5.74) is 6.21. The van der Waals surface area contributed by atoms with E-state index in [1.807, 2.05) is 18.4 Å². The fraction of sp³-hybridized carbons (Fsp3) is 0.385. The van der Waals surface area contributed by atoms with Gasteiger partial charge in [-0.2, -0.15) is 0 Å². The Bertz CT molecular complexity index is 615. The van der Waals surface area contributed by atoms with Gasteiger partial charge in [-0.05, 0) is 32.9 Å². The van der Waals surface area contributed by atoms with Crippen molar-refractivity contribution in [3.63, 3.8) is 0 Å². The molecule has 0 fully saturated rings. The van der Waals surface area contributed by atoms with Crippen LogP contribution >= 0.6 is 11.3 Å². The fourth-order valence-corrected chi connectivity index (χ4v) is 3.02. The van der Waals surface area contributed by atoms with Gasteiger partial charge < -0.3 is 15.0 Å². The molecule has 6 heteroatoms. The monoisotopic (exact) mass is 279 g/mol. The van der Waals surface area contributed by atoms with Crippen LogP contribution in [0.4, 0.5) is 5.82 Å². The van der Waals surface area contributed by atoms with Crippen LogP contribution in [-0.2, 0) is 4.74 Å². The number of nitrogens with zero attached hydrogens (tertiary/aromatic N) is 2. The van der Waals surface area contributed by atoms with E-state index in [1.54, 1.807) is 11.3 Å². The number of ether oxygens (including phenoxy) is 1. The zero-order valence-corrected chi connectivity index (χ0v) is 12.2. The van der Waals surface area contributed by atoms with Gasteiger partial charge in [0.2, 0.25) is 0 Å². The lowest BCUT2D eigenvalue weighted by molar-refractivity contribution is 0.0595. The van der Waals surface area contributed by atoms with Gasteiger partial charge in [-0.1, -0.05) is 0 Å². The molecule has 0 radical (unpaired) electrons. The Morgan fingerprint density at radius 1 is 1.47 bits per heavy atom. The maximum absolute atomic E-state index is 11.6. The van der Waals surface area contributed by atoms with Crippen LogP contribution in [0.3, 0.4) is 0 Å². The van der Waals surface area contributed by atoms with Gasteiger partial charge in [-0.25, -0.2) is 9.78 Å². The summed E-state index contributed by atoms with van der Waals surface area (Å²) in [6.45, 7) is 5.93. The van der Waals surface area contributed by atoms with Crippen molar-refractivity contribution in [3.05, 3.63) is 33.4 Å². The summed E-state index contributed by atoms with van der Waals surface area (Å²) in [6, 6.07) is 4.19. The number of rotatable bonds is 3. The minimum absolute atomic E-state index is 0.0459. The highest BCUT2D eigenvalue weighted by Gasteiger charge is 2.23. The van der Waals surface area contributed by atoms with E-state index in [0.717, 1.165) is 0 Å². The number of nitrogen functional groups attached to an aromatic ring is 1. The lowest BCUT2D eigenvalue weighted by atomic mass is 10.2. The molecule has 0 amide bonds. The summed E-state index contributed by atoms with van der Waals surface area (Å²) in [4.78, 5) is 18.2. The highest BCUT2D eigenvalue weighted by molar-refractivity contribution is 7.12. The molecule has 0 aliphatic heterocycles. The van der Waals surface area contributed by atoms with E-state index in [-0.39, 0.29) is 11.7 Å². The minimum atomic E-state index is -0.506. The second kappa shape index (κ2) is 5.05. The number of carbonyl (C=O) groups is 1. The number of aromatic nitrogens is 2. The molecule has 0 aromatic carbocycles. The molecule has 19 heavy (non-hydrogen) atoms. The third-order valence-corrected chi connectivity index (χ3v) is 4.23. The number of esters is 1. The molecule has 0 saturated carbocycles. The zero-order valence-electron chi connectivity index (χ0n) is 11.4. The summed E-state index contributed by atoms with van der Waals surface area (Å²) in [6.07, 6.45) is 0. The normalized spacial score (nSPS) is 12.4. The van der Waals surface area contributed by atoms with Crippen LogP contribution in [0.1, 0.15) is 39.0 Å². The molecule has 5 nitrogen and oxygen atoms in total. The third kappa shape index (κ3) is 2.35. The molecular formula is C13H17N3O2S. The summed E-state index contributed by atoms with van der Waals surface area (Å²) in [5.74, 6) is 0.549. The van der Waals surface area contributed by atoms with E-state index in [2.05, 4.69) is 28.8 Å². The molecule has 2 aromatic rings. The minimum Gasteiger partial charge on any atom is -0.464 e. The Morgan fingerprint density at radius 3 is 2.68 bits per heavy atom. The Balaban J connectivity index is 2.45. The van der Waals surface area contributed by atoms with E-state index in [0.29, 0.717) is 11.6 Å². The van der Waals surface area contributed by atoms with Gasteiger partial charge in [0.1, 0.15) is 11.6 Å². The standard InChI is InChI=1S/C13H17N3O2S/c1-7-5-6-10(19-7)8(2)16-9(3)15-11(12(16)14)13(17)18-4/h5-6,8H,14H2,1-4H3. The summed E-state index contributed by atoms with van der Waals surface area (Å²) >= 11 is 1.71. The van der Waals surface area contributed by atoms with E-state index in [1.165, 1.54) is 16.9 Å². The smallest absolute Gasteiger partial charge is 0.360 e. The number of hydrogen-bond donors (Lipinski definition) is 1. The Labute approximate surface area is 116 Å². The molecular weight excluding hydrogens is 262 g/mol. The van der Waals surface area contributed by atoms with Crippen molar-refractivity contribution in [2.24, 2.45) is 0 Å². The number of methoxy groups -OCH3 is 1. The first-order valence-corrected chi connectivity index (χ1v) is 6.76. The van der Waals surface area contributed by atoms with Crippen molar-refractivity contribution in [1.29, 1.82) is 0 Å².